The van der Waals surface area contributed by atoms with E-state index in [4.69, 9.17) is 17.3 Å². The van der Waals surface area contributed by atoms with Crippen LogP contribution in [0, 0.1) is 6.92 Å². The van der Waals surface area contributed by atoms with Crippen molar-refractivity contribution in [3.63, 3.8) is 0 Å². The summed E-state index contributed by atoms with van der Waals surface area (Å²) in [6.45, 7) is 1.90. The van der Waals surface area contributed by atoms with Gasteiger partial charge in [0.05, 0.1) is 11.7 Å². The second-order valence-electron chi connectivity index (χ2n) is 4.87. The van der Waals surface area contributed by atoms with E-state index in [0.717, 1.165) is 15.6 Å². The molecule has 0 saturated heterocycles. The van der Waals surface area contributed by atoms with Gasteiger partial charge in [-0.1, -0.05) is 41.9 Å². The van der Waals surface area contributed by atoms with Crippen molar-refractivity contribution in [3.8, 4) is 0 Å². The van der Waals surface area contributed by atoms with Gasteiger partial charge < -0.3 is 11.1 Å². The third-order valence-electron chi connectivity index (χ3n) is 3.14. The zero-order valence-electron chi connectivity index (χ0n) is 11.6. The summed E-state index contributed by atoms with van der Waals surface area (Å²) in [7, 11) is 0. The van der Waals surface area contributed by atoms with Crippen LogP contribution in [0.2, 0.25) is 5.02 Å². The van der Waals surface area contributed by atoms with Crippen LogP contribution in [0.4, 0.5) is 5.69 Å². The van der Waals surface area contributed by atoms with Gasteiger partial charge in [-0.2, -0.15) is 0 Å². The molecule has 110 valence electrons. The zero-order valence-corrected chi connectivity index (χ0v) is 13.9. The summed E-state index contributed by atoms with van der Waals surface area (Å²) in [4.78, 5) is 12.2. The summed E-state index contributed by atoms with van der Waals surface area (Å²) in [5.41, 5.74) is 8.55. The van der Waals surface area contributed by atoms with Gasteiger partial charge in [0.15, 0.2) is 0 Å². The number of aryl methyl sites for hydroxylation is 1. The summed E-state index contributed by atoms with van der Waals surface area (Å²) < 4.78 is 0.782. The van der Waals surface area contributed by atoms with Crippen molar-refractivity contribution < 1.29 is 4.79 Å². The maximum absolute atomic E-state index is 12.2. The summed E-state index contributed by atoms with van der Waals surface area (Å²) in [6, 6.07) is 12.7. The first-order valence-electron chi connectivity index (χ1n) is 6.53. The van der Waals surface area contributed by atoms with Crippen LogP contribution in [0.25, 0.3) is 0 Å². The SMILES string of the molecule is Cc1cc(Br)c(NC(=O)C(N)Cc2ccccc2)cc1Cl. The number of nitrogens with two attached hydrogens (primary N) is 1. The maximum Gasteiger partial charge on any atom is 0.241 e. The highest BCUT2D eigenvalue weighted by molar-refractivity contribution is 9.10. The third-order valence-corrected chi connectivity index (χ3v) is 4.20. The molecule has 2 rings (SSSR count). The lowest BCUT2D eigenvalue weighted by Crippen LogP contribution is -2.37. The van der Waals surface area contributed by atoms with Crippen molar-refractivity contribution in [2.45, 2.75) is 19.4 Å². The largest absolute Gasteiger partial charge is 0.324 e. The molecule has 0 radical (unpaired) electrons. The monoisotopic (exact) mass is 366 g/mol. The molecule has 0 aliphatic heterocycles. The number of benzene rings is 2. The van der Waals surface area contributed by atoms with Crippen molar-refractivity contribution >= 4 is 39.1 Å². The zero-order chi connectivity index (χ0) is 15.4. The Kier molecular flexibility index (Phi) is 5.39. The van der Waals surface area contributed by atoms with Crippen molar-refractivity contribution in [1.82, 2.24) is 0 Å². The van der Waals surface area contributed by atoms with Crippen molar-refractivity contribution in [1.29, 1.82) is 0 Å². The molecule has 5 heteroatoms. The van der Waals surface area contributed by atoms with Gasteiger partial charge in [-0.05, 0) is 52.5 Å². The molecule has 0 aliphatic carbocycles. The van der Waals surface area contributed by atoms with E-state index in [2.05, 4.69) is 21.2 Å². The molecule has 0 bridgehead atoms. The lowest BCUT2D eigenvalue weighted by Gasteiger charge is -2.14. The number of nitrogens with one attached hydrogen (secondary N) is 1. The fourth-order valence-corrected chi connectivity index (χ4v) is 2.65. The minimum Gasteiger partial charge on any atom is -0.324 e. The highest BCUT2D eigenvalue weighted by Crippen LogP contribution is 2.29. The molecule has 2 aromatic carbocycles. The van der Waals surface area contributed by atoms with Gasteiger partial charge in [-0.25, -0.2) is 0 Å². The molecule has 0 spiro atoms. The first-order valence-corrected chi connectivity index (χ1v) is 7.70. The maximum atomic E-state index is 12.2. The van der Waals surface area contributed by atoms with E-state index in [1.165, 1.54) is 0 Å². The number of amides is 1. The van der Waals surface area contributed by atoms with Crippen molar-refractivity contribution in [2.75, 3.05) is 5.32 Å². The van der Waals surface area contributed by atoms with Crippen molar-refractivity contribution in [3.05, 3.63) is 63.1 Å². The van der Waals surface area contributed by atoms with Gasteiger partial charge in [-0.15, -0.1) is 0 Å². The quantitative estimate of drug-likeness (QED) is 0.860. The smallest absolute Gasteiger partial charge is 0.241 e. The fourth-order valence-electron chi connectivity index (χ4n) is 1.93. The predicted molar refractivity (Wildman–Crippen MR) is 90.6 cm³/mol. The van der Waals surface area contributed by atoms with Gasteiger partial charge in [0.1, 0.15) is 0 Å². The number of carbonyl (C=O) groups is 1. The van der Waals surface area contributed by atoms with Crippen LogP contribution in [0.15, 0.2) is 46.9 Å². The Morgan fingerprint density at radius 1 is 1.33 bits per heavy atom. The Morgan fingerprint density at radius 2 is 2.00 bits per heavy atom. The second-order valence-corrected chi connectivity index (χ2v) is 6.13. The number of carbonyl (C=O) groups excluding carboxylic acids is 1. The average molecular weight is 368 g/mol. The third kappa shape index (κ3) is 4.30. The van der Waals surface area contributed by atoms with Crippen LogP contribution in [0.5, 0.6) is 0 Å². The summed E-state index contributed by atoms with van der Waals surface area (Å²) >= 11 is 9.49. The van der Waals surface area contributed by atoms with E-state index < -0.39 is 6.04 Å². The Bertz CT molecular complexity index is 646. The molecule has 3 nitrogen and oxygen atoms in total. The van der Waals surface area contributed by atoms with Gasteiger partial charge in [-0.3, -0.25) is 4.79 Å². The summed E-state index contributed by atoms with van der Waals surface area (Å²) in [5.74, 6) is -0.237. The van der Waals surface area contributed by atoms with Crippen LogP contribution in [0.3, 0.4) is 0 Å². The van der Waals surface area contributed by atoms with Crippen LogP contribution < -0.4 is 11.1 Å². The van der Waals surface area contributed by atoms with Crippen LogP contribution in [-0.4, -0.2) is 11.9 Å². The molecule has 3 N–H and O–H groups in total. The van der Waals surface area contributed by atoms with Gasteiger partial charge >= 0.3 is 0 Å². The number of rotatable bonds is 4. The number of anilines is 1. The van der Waals surface area contributed by atoms with E-state index in [9.17, 15) is 4.79 Å². The molecule has 1 atom stereocenters. The molecule has 0 aliphatic rings. The van der Waals surface area contributed by atoms with E-state index in [1.54, 1.807) is 6.07 Å². The lowest BCUT2D eigenvalue weighted by atomic mass is 10.1. The second kappa shape index (κ2) is 7.07. The van der Waals surface area contributed by atoms with Crippen molar-refractivity contribution in [2.24, 2.45) is 5.73 Å². The summed E-state index contributed by atoms with van der Waals surface area (Å²) in [6.07, 6.45) is 0.490. The van der Waals surface area contributed by atoms with Crippen LogP contribution in [-0.2, 0) is 11.2 Å². The molecule has 1 amide bonds. The normalized spacial score (nSPS) is 12.0. The highest BCUT2D eigenvalue weighted by Gasteiger charge is 2.16. The van der Waals surface area contributed by atoms with Gasteiger partial charge in [0.25, 0.3) is 0 Å². The molecule has 0 aromatic heterocycles. The van der Waals surface area contributed by atoms with E-state index in [-0.39, 0.29) is 5.91 Å². The Labute approximate surface area is 137 Å². The highest BCUT2D eigenvalue weighted by atomic mass is 79.9. The Hall–Kier alpha value is -1.36. The molecule has 0 saturated carbocycles. The molecule has 21 heavy (non-hydrogen) atoms. The fraction of sp³-hybridized carbons (Fsp3) is 0.188. The molecular formula is C16H16BrClN2O. The molecule has 0 fully saturated rings. The van der Waals surface area contributed by atoms with Gasteiger partial charge in [0.2, 0.25) is 5.91 Å². The number of hydrogen-bond donors (Lipinski definition) is 2. The minimum absolute atomic E-state index is 0.237. The van der Waals surface area contributed by atoms with E-state index >= 15 is 0 Å². The lowest BCUT2D eigenvalue weighted by molar-refractivity contribution is -0.117. The number of halogens is 2. The predicted octanol–water partition coefficient (Wildman–Crippen LogP) is 3.92. The van der Waals surface area contributed by atoms with Crippen LogP contribution >= 0.6 is 27.5 Å². The van der Waals surface area contributed by atoms with E-state index in [1.807, 2.05) is 43.3 Å². The summed E-state index contributed by atoms with van der Waals surface area (Å²) in [5, 5.41) is 3.40. The standard InChI is InChI=1S/C16H16BrClN2O/c1-10-7-12(17)15(9-13(10)18)20-16(21)14(19)8-11-5-3-2-4-6-11/h2-7,9,14H,8,19H2,1H3,(H,20,21). The van der Waals surface area contributed by atoms with E-state index in [0.29, 0.717) is 17.1 Å². The van der Waals surface area contributed by atoms with Crippen LogP contribution in [0.1, 0.15) is 11.1 Å². The average Bonchev–Trinajstić information content (AvgIpc) is 2.45. The molecule has 2 aromatic rings. The minimum atomic E-state index is -0.612. The number of hydrogen-bond acceptors (Lipinski definition) is 2. The topological polar surface area (TPSA) is 55.1 Å². The first kappa shape index (κ1) is 16.0. The van der Waals surface area contributed by atoms with Gasteiger partial charge in [0, 0.05) is 9.50 Å². The molecule has 1 unspecified atom stereocenters. The first-order chi connectivity index (χ1) is 9.97. The Morgan fingerprint density at radius 3 is 2.67 bits per heavy atom. The Balaban J connectivity index is 2.06. The molecular weight excluding hydrogens is 352 g/mol. The molecule has 0 heterocycles.